The number of nitrogens with zero attached hydrogens (tertiary/aromatic N) is 4. The van der Waals surface area contributed by atoms with Crippen molar-refractivity contribution in [1.29, 1.82) is 0 Å². The van der Waals surface area contributed by atoms with Crippen molar-refractivity contribution in [3.8, 4) is 0 Å². The van der Waals surface area contributed by atoms with Gasteiger partial charge in [-0.1, -0.05) is 18.2 Å². The van der Waals surface area contributed by atoms with E-state index in [1.54, 1.807) is 6.33 Å². The van der Waals surface area contributed by atoms with Crippen LogP contribution in [0.5, 0.6) is 0 Å². The Balaban J connectivity index is 1.49. The number of amides is 2. The molecule has 1 aromatic carbocycles. The highest BCUT2D eigenvalue weighted by Crippen LogP contribution is 2.22. The molecule has 2 saturated heterocycles. The zero-order chi connectivity index (χ0) is 15.6. The molecule has 7 heteroatoms. The van der Waals surface area contributed by atoms with Crippen LogP contribution in [0.4, 0.5) is 22.1 Å². The van der Waals surface area contributed by atoms with Crippen LogP contribution in [-0.2, 0) is 0 Å². The van der Waals surface area contributed by atoms with E-state index >= 15 is 0 Å². The summed E-state index contributed by atoms with van der Waals surface area (Å²) in [5.74, 6) is 1.65. The number of anilines is 3. The first kappa shape index (κ1) is 13.8. The number of urea groups is 1. The van der Waals surface area contributed by atoms with Crippen molar-refractivity contribution in [2.24, 2.45) is 0 Å². The smallest absolute Gasteiger partial charge is 0.317 e. The Labute approximate surface area is 134 Å². The number of nitrogens with one attached hydrogen (secondary N) is 2. The Morgan fingerprint density at radius 3 is 2.91 bits per heavy atom. The van der Waals surface area contributed by atoms with Gasteiger partial charge in [0, 0.05) is 37.9 Å². The van der Waals surface area contributed by atoms with Crippen LogP contribution in [-0.4, -0.2) is 53.1 Å². The van der Waals surface area contributed by atoms with Crippen molar-refractivity contribution < 1.29 is 4.79 Å². The summed E-state index contributed by atoms with van der Waals surface area (Å²) in [5, 5.41) is 6.17. The summed E-state index contributed by atoms with van der Waals surface area (Å²) in [6.45, 7) is 3.00. The molecule has 2 fully saturated rings. The van der Waals surface area contributed by atoms with Gasteiger partial charge in [-0.3, -0.25) is 0 Å². The van der Waals surface area contributed by atoms with Gasteiger partial charge in [0.05, 0.1) is 6.04 Å². The van der Waals surface area contributed by atoms with Crippen LogP contribution in [0.15, 0.2) is 42.7 Å². The Kier molecular flexibility index (Phi) is 3.45. The van der Waals surface area contributed by atoms with Crippen LogP contribution in [0.1, 0.15) is 0 Å². The van der Waals surface area contributed by atoms with Crippen molar-refractivity contribution in [2.45, 2.75) is 6.04 Å². The van der Waals surface area contributed by atoms with Crippen LogP contribution in [0.2, 0.25) is 0 Å². The molecular formula is C16H18N6O. The lowest BCUT2D eigenvalue weighted by Gasteiger charge is -2.37. The molecule has 0 bridgehead atoms. The number of rotatable bonds is 3. The molecule has 4 rings (SSSR count). The fraction of sp³-hybridized carbons (Fsp3) is 0.312. The van der Waals surface area contributed by atoms with E-state index in [1.807, 2.05) is 41.3 Å². The molecule has 118 valence electrons. The third-order valence-corrected chi connectivity index (χ3v) is 4.26. The maximum Gasteiger partial charge on any atom is 0.317 e. The van der Waals surface area contributed by atoms with Crippen molar-refractivity contribution >= 4 is 23.4 Å². The zero-order valence-electron chi connectivity index (χ0n) is 12.6. The molecular weight excluding hydrogens is 292 g/mol. The summed E-state index contributed by atoms with van der Waals surface area (Å²) in [5.41, 5.74) is 0.993. The molecule has 2 amide bonds. The van der Waals surface area contributed by atoms with Gasteiger partial charge < -0.3 is 20.4 Å². The monoisotopic (exact) mass is 310 g/mol. The van der Waals surface area contributed by atoms with Gasteiger partial charge in [-0.15, -0.1) is 0 Å². The minimum atomic E-state index is 0.0452. The second kappa shape index (κ2) is 5.75. The molecule has 7 nitrogen and oxygen atoms in total. The average Bonchev–Trinajstić information content (AvgIpc) is 2.97. The van der Waals surface area contributed by atoms with E-state index in [9.17, 15) is 4.79 Å². The van der Waals surface area contributed by atoms with E-state index in [0.717, 1.165) is 37.0 Å². The van der Waals surface area contributed by atoms with Gasteiger partial charge in [-0.2, -0.15) is 0 Å². The first-order chi connectivity index (χ1) is 11.3. The molecule has 1 aromatic heterocycles. The quantitative estimate of drug-likeness (QED) is 0.897. The van der Waals surface area contributed by atoms with Crippen molar-refractivity contribution in [2.75, 3.05) is 36.4 Å². The third kappa shape index (κ3) is 2.77. The molecule has 2 aromatic rings. The number of hydrogen-bond donors (Lipinski definition) is 2. The van der Waals surface area contributed by atoms with Gasteiger partial charge in [-0.25, -0.2) is 14.8 Å². The highest BCUT2D eigenvalue weighted by molar-refractivity contribution is 5.77. The second-order valence-electron chi connectivity index (χ2n) is 5.73. The highest BCUT2D eigenvalue weighted by Gasteiger charge is 2.35. The van der Waals surface area contributed by atoms with Crippen LogP contribution >= 0.6 is 0 Å². The van der Waals surface area contributed by atoms with E-state index in [0.29, 0.717) is 6.54 Å². The standard InChI is InChI=1S/C16H18N6O/c23-16-17-9-13-10-21(6-7-22(13)16)15-8-14(18-11-19-15)20-12-4-2-1-3-5-12/h1-5,8,11,13H,6-7,9-10H2,(H,17,23)(H,18,19,20). The van der Waals surface area contributed by atoms with Gasteiger partial charge in [0.15, 0.2) is 0 Å². The summed E-state index contributed by atoms with van der Waals surface area (Å²) in [6.07, 6.45) is 1.57. The molecule has 0 radical (unpaired) electrons. The second-order valence-corrected chi connectivity index (χ2v) is 5.73. The number of carbonyl (C=O) groups excluding carboxylic acids is 1. The van der Waals surface area contributed by atoms with Gasteiger partial charge in [0.2, 0.25) is 0 Å². The molecule has 1 unspecified atom stereocenters. The number of fused-ring (bicyclic) bond motifs is 1. The lowest BCUT2D eigenvalue weighted by molar-refractivity contribution is 0.197. The molecule has 3 heterocycles. The molecule has 2 aliphatic rings. The van der Waals surface area contributed by atoms with E-state index < -0.39 is 0 Å². The van der Waals surface area contributed by atoms with E-state index in [-0.39, 0.29) is 12.1 Å². The first-order valence-corrected chi connectivity index (χ1v) is 7.73. The number of para-hydroxylation sites is 1. The first-order valence-electron chi connectivity index (χ1n) is 7.73. The predicted octanol–water partition coefficient (Wildman–Crippen LogP) is 1.43. The van der Waals surface area contributed by atoms with Gasteiger partial charge in [0.25, 0.3) is 0 Å². The Bertz CT molecular complexity index is 707. The minimum Gasteiger partial charge on any atom is -0.353 e. The van der Waals surface area contributed by atoms with Gasteiger partial charge >= 0.3 is 6.03 Å². The molecule has 2 N–H and O–H groups in total. The van der Waals surface area contributed by atoms with Crippen LogP contribution in [0, 0.1) is 0 Å². The Morgan fingerprint density at radius 2 is 2.04 bits per heavy atom. The van der Waals surface area contributed by atoms with Gasteiger partial charge in [-0.05, 0) is 12.1 Å². The molecule has 1 atom stereocenters. The van der Waals surface area contributed by atoms with Crippen LogP contribution in [0.3, 0.4) is 0 Å². The van der Waals surface area contributed by atoms with Crippen molar-refractivity contribution in [3.05, 3.63) is 42.7 Å². The van der Waals surface area contributed by atoms with Crippen molar-refractivity contribution in [1.82, 2.24) is 20.2 Å². The highest BCUT2D eigenvalue weighted by atomic mass is 16.2. The number of benzene rings is 1. The van der Waals surface area contributed by atoms with E-state index in [2.05, 4.69) is 25.5 Å². The maximum atomic E-state index is 11.7. The third-order valence-electron chi connectivity index (χ3n) is 4.26. The van der Waals surface area contributed by atoms with Gasteiger partial charge in [0.1, 0.15) is 18.0 Å². The predicted molar refractivity (Wildman–Crippen MR) is 87.9 cm³/mol. The van der Waals surface area contributed by atoms with E-state index in [4.69, 9.17) is 0 Å². The lowest BCUT2D eigenvalue weighted by atomic mass is 10.2. The summed E-state index contributed by atoms with van der Waals surface area (Å²) < 4.78 is 0. The van der Waals surface area contributed by atoms with Crippen LogP contribution in [0.25, 0.3) is 0 Å². The maximum absolute atomic E-state index is 11.7. The largest absolute Gasteiger partial charge is 0.353 e. The topological polar surface area (TPSA) is 73.4 Å². The molecule has 2 aliphatic heterocycles. The summed E-state index contributed by atoms with van der Waals surface area (Å²) in [4.78, 5) is 24.5. The molecule has 0 saturated carbocycles. The normalized spacial score (nSPS) is 20.2. The SMILES string of the molecule is O=C1NCC2CN(c3cc(Nc4ccccc4)ncn3)CCN12. The van der Waals surface area contributed by atoms with Crippen LogP contribution < -0.4 is 15.5 Å². The van der Waals surface area contributed by atoms with E-state index in [1.165, 1.54) is 0 Å². The fourth-order valence-electron chi connectivity index (χ4n) is 3.07. The Morgan fingerprint density at radius 1 is 1.17 bits per heavy atom. The minimum absolute atomic E-state index is 0.0452. The zero-order valence-corrected chi connectivity index (χ0v) is 12.6. The molecule has 23 heavy (non-hydrogen) atoms. The number of carbonyl (C=O) groups is 1. The summed E-state index contributed by atoms with van der Waals surface area (Å²) in [7, 11) is 0. The summed E-state index contributed by atoms with van der Waals surface area (Å²) >= 11 is 0. The lowest BCUT2D eigenvalue weighted by Crippen LogP contribution is -2.52. The number of aromatic nitrogens is 2. The van der Waals surface area contributed by atoms with Crippen molar-refractivity contribution in [3.63, 3.8) is 0 Å². The Hall–Kier alpha value is -2.83. The molecule has 0 aliphatic carbocycles. The average molecular weight is 310 g/mol. The number of hydrogen-bond acceptors (Lipinski definition) is 5. The molecule has 0 spiro atoms. The number of piperazine rings is 1. The summed E-state index contributed by atoms with van der Waals surface area (Å²) in [6, 6.07) is 12.1. The fourth-order valence-corrected chi connectivity index (χ4v) is 3.07.